The van der Waals surface area contributed by atoms with Gasteiger partial charge >= 0.3 is 0 Å². The third-order valence-corrected chi connectivity index (χ3v) is 3.65. The number of piperidine rings is 1. The lowest BCUT2D eigenvalue weighted by Gasteiger charge is -2.30. The Morgan fingerprint density at radius 2 is 2.11 bits per heavy atom. The van der Waals surface area contributed by atoms with Gasteiger partial charge in [-0.25, -0.2) is 4.98 Å². The fraction of sp³-hybridized carbons (Fsp3) is 0.667. The molecule has 1 aromatic heterocycles. The molecule has 0 spiro atoms. The number of anilines is 1. The van der Waals surface area contributed by atoms with E-state index in [-0.39, 0.29) is 0 Å². The molecule has 3 heteroatoms. The van der Waals surface area contributed by atoms with Crippen molar-refractivity contribution in [1.29, 1.82) is 0 Å². The van der Waals surface area contributed by atoms with Crippen LogP contribution in [0.15, 0.2) is 18.3 Å². The Kier molecular flexibility index (Phi) is 5.00. The molecule has 1 aliphatic rings. The predicted octanol–water partition coefficient (Wildman–Crippen LogP) is 2.61. The summed E-state index contributed by atoms with van der Waals surface area (Å²) >= 11 is 0. The molecule has 0 radical (unpaired) electrons. The number of hydrogen-bond donors (Lipinski definition) is 1. The van der Waals surface area contributed by atoms with E-state index in [1.54, 1.807) is 0 Å². The van der Waals surface area contributed by atoms with E-state index in [2.05, 4.69) is 41.2 Å². The van der Waals surface area contributed by atoms with Crippen molar-refractivity contribution in [2.24, 2.45) is 5.92 Å². The van der Waals surface area contributed by atoms with Crippen molar-refractivity contribution in [3.63, 3.8) is 0 Å². The monoisotopic (exact) mass is 247 g/mol. The first-order valence-corrected chi connectivity index (χ1v) is 7.18. The maximum Gasteiger partial charge on any atom is 0.128 e. The van der Waals surface area contributed by atoms with Crippen LogP contribution < -0.4 is 10.2 Å². The summed E-state index contributed by atoms with van der Waals surface area (Å²) < 4.78 is 0. The molecule has 0 aromatic carbocycles. The molecule has 0 aliphatic carbocycles. The lowest BCUT2D eigenvalue weighted by molar-refractivity contribution is 0.372. The summed E-state index contributed by atoms with van der Waals surface area (Å²) in [6.45, 7) is 8.95. The van der Waals surface area contributed by atoms with Gasteiger partial charge in [-0.3, -0.25) is 0 Å². The van der Waals surface area contributed by atoms with Gasteiger partial charge in [0, 0.05) is 19.3 Å². The minimum Gasteiger partial charge on any atom is -0.356 e. The summed E-state index contributed by atoms with van der Waals surface area (Å²) in [6.07, 6.45) is 5.75. The quantitative estimate of drug-likeness (QED) is 0.867. The molecule has 0 bridgehead atoms. The van der Waals surface area contributed by atoms with Gasteiger partial charge in [0.1, 0.15) is 5.82 Å². The van der Waals surface area contributed by atoms with Gasteiger partial charge in [-0.1, -0.05) is 13.0 Å². The topological polar surface area (TPSA) is 28.2 Å². The Bertz CT molecular complexity index is 341. The number of pyridine rings is 1. The van der Waals surface area contributed by atoms with Crippen LogP contribution in [-0.4, -0.2) is 31.2 Å². The van der Waals surface area contributed by atoms with Crippen LogP contribution in [0, 0.1) is 12.8 Å². The van der Waals surface area contributed by atoms with E-state index in [1.165, 1.54) is 37.9 Å². The third kappa shape index (κ3) is 3.70. The van der Waals surface area contributed by atoms with Gasteiger partial charge in [0.25, 0.3) is 0 Å². The zero-order valence-corrected chi connectivity index (χ0v) is 11.7. The van der Waals surface area contributed by atoms with Crippen molar-refractivity contribution in [3.8, 4) is 0 Å². The molecule has 1 aliphatic heterocycles. The van der Waals surface area contributed by atoms with E-state index in [1.807, 2.05) is 6.20 Å². The number of rotatable bonds is 5. The highest BCUT2D eigenvalue weighted by molar-refractivity contribution is 5.39. The first-order valence-electron chi connectivity index (χ1n) is 7.18. The maximum absolute atomic E-state index is 4.57. The molecule has 0 saturated carbocycles. The average Bonchev–Trinajstić information content (AvgIpc) is 2.40. The van der Waals surface area contributed by atoms with E-state index in [9.17, 15) is 0 Å². The molecular formula is C15H25N3. The first kappa shape index (κ1) is 13.3. The molecule has 1 N–H and O–H groups in total. The first-order chi connectivity index (χ1) is 8.79. The Morgan fingerprint density at radius 1 is 1.33 bits per heavy atom. The fourth-order valence-electron chi connectivity index (χ4n) is 2.59. The summed E-state index contributed by atoms with van der Waals surface area (Å²) in [5, 5.41) is 3.43. The highest BCUT2D eigenvalue weighted by Gasteiger charge is 2.17. The summed E-state index contributed by atoms with van der Waals surface area (Å²) in [6, 6.07) is 4.32. The van der Waals surface area contributed by atoms with Gasteiger partial charge in [0.05, 0.1) is 0 Å². The second kappa shape index (κ2) is 6.74. The zero-order chi connectivity index (χ0) is 12.8. The lowest BCUT2D eigenvalue weighted by Crippen LogP contribution is -2.37. The largest absolute Gasteiger partial charge is 0.356 e. The Labute approximate surface area is 111 Å². The van der Waals surface area contributed by atoms with Crippen LogP contribution in [0.1, 0.15) is 31.7 Å². The van der Waals surface area contributed by atoms with Crippen LogP contribution in [0.4, 0.5) is 5.82 Å². The van der Waals surface area contributed by atoms with Crippen molar-refractivity contribution < 1.29 is 0 Å². The number of aryl methyl sites for hydroxylation is 1. The van der Waals surface area contributed by atoms with E-state index in [4.69, 9.17) is 0 Å². The smallest absolute Gasteiger partial charge is 0.128 e. The SMILES string of the molecule is CCCN(CC1CCNCC1)c1ccc(C)cn1. The Morgan fingerprint density at radius 3 is 2.72 bits per heavy atom. The van der Waals surface area contributed by atoms with Crippen molar-refractivity contribution >= 4 is 5.82 Å². The molecule has 18 heavy (non-hydrogen) atoms. The highest BCUT2D eigenvalue weighted by Crippen LogP contribution is 2.18. The van der Waals surface area contributed by atoms with E-state index >= 15 is 0 Å². The van der Waals surface area contributed by atoms with Gasteiger partial charge in [0.15, 0.2) is 0 Å². The summed E-state index contributed by atoms with van der Waals surface area (Å²) in [5.74, 6) is 1.96. The van der Waals surface area contributed by atoms with Crippen LogP contribution in [0.2, 0.25) is 0 Å². The Hall–Kier alpha value is -1.09. The van der Waals surface area contributed by atoms with Gasteiger partial charge in [-0.2, -0.15) is 0 Å². The molecule has 2 heterocycles. The molecule has 2 rings (SSSR count). The third-order valence-electron chi connectivity index (χ3n) is 3.65. The number of nitrogens with zero attached hydrogens (tertiary/aromatic N) is 2. The number of aromatic nitrogens is 1. The van der Waals surface area contributed by atoms with Crippen LogP contribution in [0.25, 0.3) is 0 Å². The summed E-state index contributed by atoms with van der Waals surface area (Å²) in [4.78, 5) is 7.03. The van der Waals surface area contributed by atoms with E-state index in [0.29, 0.717) is 0 Å². The lowest BCUT2D eigenvalue weighted by atomic mass is 9.97. The van der Waals surface area contributed by atoms with Crippen molar-refractivity contribution in [2.45, 2.75) is 33.1 Å². The van der Waals surface area contributed by atoms with E-state index in [0.717, 1.165) is 24.8 Å². The van der Waals surface area contributed by atoms with Crippen LogP contribution in [0.5, 0.6) is 0 Å². The minimum atomic E-state index is 0.820. The second-order valence-corrected chi connectivity index (χ2v) is 5.33. The molecule has 0 amide bonds. The van der Waals surface area contributed by atoms with Gasteiger partial charge < -0.3 is 10.2 Å². The molecule has 1 saturated heterocycles. The van der Waals surface area contributed by atoms with Crippen LogP contribution in [-0.2, 0) is 0 Å². The van der Waals surface area contributed by atoms with Crippen LogP contribution in [0.3, 0.4) is 0 Å². The van der Waals surface area contributed by atoms with Crippen molar-refractivity contribution in [1.82, 2.24) is 10.3 Å². The normalized spacial score (nSPS) is 16.8. The molecule has 0 unspecified atom stereocenters. The fourth-order valence-corrected chi connectivity index (χ4v) is 2.59. The molecule has 3 nitrogen and oxygen atoms in total. The molecular weight excluding hydrogens is 222 g/mol. The predicted molar refractivity (Wildman–Crippen MR) is 77.1 cm³/mol. The maximum atomic E-state index is 4.57. The zero-order valence-electron chi connectivity index (χ0n) is 11.7. The molecule has 0 atom stereocenters. The molecule has 1 fully saturated rings. The summed E-state index contributed by atoms with van der Waals surface area (Å²) in [7, 11) is 0. The molecule has 1 aromatic rings. The number of hydrogen-bond acceptors (Lipinski definition) is 3. The molecule has 100 valence electrons. The summed E-state index contributed by atoms with van der Waals surface area (Å²) in [5.41, 5.74) is 1.23. The average molecular weight is 247 g/mol. The van der Waals surface area contributed by atoms with Crippen molar-refractivity contribution in [2.75, 3.05) is 31.1 Å². The van der Waals surface area contributed by atoms with E-state index < -0.39 is 0 Å². The van der Waals surface area contributed by atoms with Gasteiger partial charge in [-0.15, -0.1) is 0 Å². The van der Waals surface area contributed by atoms with Crippen molar-refractivity contribution in [3.05, 3.63) is 23.9 Å². The van der Waals surface area contributed by atoms with Crippen LogP contribution >= 0.6 is 0 Å². The second-order valence-electron chi connectivity index (χ2n) is 5.33. The standard InChI is InChI=1S/C15H25N3/c1-3-10-18(12-14-6-8-16-9-7-14)15-5-4-13(2)11-17-15/h4-5,11,14,16H,3,6-10,12H2,1-2H3. The Balaban J connectivity index is 2.00. The minimum absolute atomic E-state index is 0.820. The number of nitrogens with one attached hydrogen (secondary N) is 1. The van der Waals surface area contributed by atoms with Gasteiger partial charge in [0.2, 0.25) is 0 Å². The highest BCUT2D eigenvalue weighted by atomic mass is 15.2. The van der Waals surface area contributed by atoms with Gasteiger partial charge in [-0.05, 0) is 56.8 Å².